The lowest BCUT2D eigenvalue weighted by molar-refractivity contribution is 0.353. The van der Waals surface area contributed by atoms with Crippen LogP contribution in [0.4, 0.5) is 0 Å². The zero-order valence-corrected chi connectivity index (χ0v) is 11.5. The van der Waals surface area contributed by atoms with Gasteiger partial charge >= 0.3 is 0 Å². The standard InChI is InChI=1S/C13H14BrNO2/c1-16-12-5-8-3-10(14)4-9(7-15)11(8)6-13(12)17-2/h5-6,9-10H,3-4H2,1-2H3. The number of benzene rings is 1. The minimum absolute atomic E-state index is 0.0667. The molecule has 3 nitrogen and oxygen atoms in total. The van der Waals surface area contributed by atoms with Gasteiger partial charge in [0.2, 0.25) is 0 Å². The second kappa shape index (κ2) is 4.97. The number of hydrogen-bond donors (Lipinski definition) is 0. The molecule has 4 heteroatoms. The van der Waals surface area contributed by atoms with Crippen molar-refractivity contribution in [3.63, 3.8) is 0 Å². The fraction of sp³-hybridized carbons (Fsp3) is 0.462. The first kappa shape index (κ1) is 12.3. The molecule has 0 fully saturated rings. The Bertz CT molecular complexity index is 467. The zero-order chi connectivity index (χ0) is 12.4. The van der Waals surface area contributed by atoms with Crippen molar-refractivity contribution in [3.05, 3.63) is 23.3 Å². The second-order valence-corrected chi connectivity index (χ2v) is 5.42. The molecule has 1 aromatic rings. The number of hydrogen-bond acceptors (Lipinski definition) is 3. The van der Waals surface area contributed by atoms with Crippen LogP contribution in [0.3, 0.4) is 0 Å². The van der Waals surface area contributed by atoms with E-state index in [1.165, 1.54) is 5.56 Å². The molecule has 1 aliphatic rings. The number of halogens is 1. The van der Waals surface area contributed by atoms with E-state index in [0.29, 0.717) is 10.6 Å². The maximum atomic E-state index is 9.20. The highest BCUT2D eigenvalue weighted by Gasteiger charge is 2.27. The largest absolute Gasteiger partial charge is 0.493 e. The minimum Gasteiger partial charge on any atom is -0.493 e. The summed E-state index contributed by atoms with van der Waals surface area (Å²) in [6.07, 6.45) is 1.77. The minimum atomic E-state index is -0.0667. The molecule has 90 valence electrons. The van der Waals surface area contributed by atoms with Gasteiger partial charge in [-0.1, -0.05) is 15.9 Å². The van der Waals surface area contributed by atoms with Crippen molar-refractivity contribution in [2.24, 2.45) is 0 Å². The Morgan fingerprint density at radius 3 is 2.53 bits per heavy atom. The molecule has 0 aromatic heterocycles. The van der Waals surface area contributed by atoms with Crippen molar-refractivity contribution in [1.29, 1.82) is 5.26 Å². The van der Waals surface area contributed by atoms with Crippen LogP contribution in [-0.2, 0) is 6.42 Å². The van der Waals surface area contributed by atoms with E-state index in [1.807, 2.05) is 12.1 Å². The monoisotopic (exact) mass is 295 g/mol. The summed E-state index contributed by atoms with van der Waals surface area (Å²) in [5, 5.41) is 9.20. The van der Waals surface area contributed by atoms with Crippen molar-refractivity contribution in [2.45, 2.75) is 23.6 Å². The third-order valence-corrected chi connectivity index (χ3v) is 3.81. The Morgan fingerprint density at radius 1 is 1.29 bits per heavy atom. The maximum absolute atomic E-state index is 9.20. The third-order valence-electron chi connectivity index (χ3n) is 3.11. The molecule has 0 saturated heterocycles. The molecule has 0 spiro atoms. The van der Waals surface area contributed by atoms with Crippen LogP contribution < -0.4 is 9.47 Å². The van der Waals surface area contributed by atoms with Crippen molar-refractivity contribution >= 4 is 15.9 Å². The van der Waals surface area contributed by atoms with E-state index in [4.69, 9.17) is 9.47 Å². The molecule has 1 aromatic carbocycles. The summed E-state index contributed by atoms with van der Waals surface area (Å²) >= 11 is 3.60. The molecule has 17 heavy (non-hydrogen) atoms. The molecule has 2 atom stereocenters. The number of rotatable bonds is 2. The van der Waals surface area contributed by atoms with Gasteiger partial charge in [-0.05, 0) is 36.1 Å². The Hall–Kier alpha value is -1.21. The summed E-state index contributed by atoms with van der Waals surface area (Å²) in [6.45, 7) is 0. The van der Waals surface area contributed by atoms with Gasteiger partial charge in [0.25, 0.3) is 0 Å². The van der Waals surface area contributed by atoms with Crippen LogP contribution in [0.25, 0.3) is 0 Å². The van der Waals surface area contributed by atoms with Crippen LogP contribution >= 0.6 is 15.9 Å². The molecular formula is C13H14BrNO2. The molecule has 0 bridgehead atoms. The van der Waals surface area contributed by atoms with Crippen LogP contribution in [0.1, 0.15) is 23.5 Å². The molecular weight excluding hydrogens is 282 g/mol. The first-order valence-electron chi connectivity index (χ1n) is 5.48. The number of methoxy groups -OCH3 is 2. The molecule has 0 aliphatic heterocycles. The highest BCUT2D eigenvalue weighted by atomic mass is 79.9. The smallest absolute Gasteiger partial charge is 0.161 e. The van der Waals surface area contributed by atoms with Crippen LogP contribution in [0, 0.1) is 11.3 Å². The molecule has 0 amide bonds. The summed E-state index contributed by atoms with van der Waals surface area (Å²) < 4.78 is 10.6. The van der Waals surface area contributed by atoms with Gasteiger partial charge < -0.3 is 9.47 Å². The first-order valence-corrected chi connectivity index (χ1v) is 6.39. The highest BCUT2D eigenvalue weighted by molar-refractivity contribution is 9.09. The molecule has 2 unspecified atom stereocenters. The van der Waals surface area contributed by atoms with Crippen molar-refractivity contribution < 1.29 is 9.47 Å². The average molecular weight is 296 g/mol. The number of fused-ring (bicyclic) bond motifs is 1. The van der Waals surface area contributed by atoms with E-state index < -0.39 is 0 Å². The van der Waals surface area contributed by atoms with Crippen LogP contribution in [0.15, 0.2) is 12.1 Å². The fourth-order valence-corrected chi connectivity index (χ4v) is 2.99. The van der Waals surface area contributed by atoms with Gasteiger partial charge in [0.1, 0.15) is 0 Å². The number of alkyl halides is 1. The molecule has 0 radical (unpaired) electrons. The van der Waals surface area contributed by atoms with E-state index in [1.54, 1.807) is 14.2 Å². The van der Waals surface area contributed by atoms with Gasteiger partial charge in [-0.15, -0.1) is 0 Å². The summed E-state index contributed by atoms with van der Waals surface area (Å²) in [6, 6.07) is 6.26. The average Bonchev–Trinajstić information content (AvgIpc) is 2.35. The van der Waals surface area contributed by atoms with Gasteiger partial charge in [-0.25, -0.2) is 0 Å². The van der Waals surface area contributed by atoms with E-state index in [-0.39, 0.29) is 5.92 Å². The quantitative estimate of drug-likeness (QED) is 0.788. The first-order chi connectivity index (χ1) is 8.19. The fourth-order valence-electron chi connectivity index (χ4n) is 2.26. The zero-order valence-electron chi connectivity index (χ0n) is 9.87. The van der Waals surface area contributed by atoms with Crippen molar-refractivity contribution in [3.8, 4) is 17.6 Å². The topological polar surface area (TPSA) is 42.2 Å². The molecule has 1 aliphatic carbocycles. The predicted molar refractivity (Wildman–Crippen MR) is 68.9 cm³/mol. The van der Waals surface area contributed by atoms with E-state index in [2.05, 4.69) is 22.0 Å². The maximum Gasteiger partial charge on any atom is 0.161 e. The Balaban J connectivity index is 2.52. The van der Waals surface area contributed by atoms with Gasteiger partial charge in [-0.3, -0.25) is 0 Å². The van der Waals surface area contributed by atoms with Crippen LogP contribution in [0.5, 0.6) is 11.5 Å². The Labute approximate surface area is 109 Å². The number of nitrogens with zero attached hydrogens (tertiary/aromatic N) is 1. The normalized spacial score (nSPS) is 22.5. The van der Waals surface area contributed by atoms with E-state index in [9.17, 15) is 5.26 Å². The van der Waals surface area contributed by atoms with E-state index >= 15 is 0 Å². The van der Waals surface area contributed by atoms with Gasteiger partial charge in [0.15, 0.2) is 11.5 Å². The molecule has 0 N–H and O–H groups in total. The van der Waals surface area contributed by atoms with Crippen molar-refractivity contribution in [2.75, 3.05) is 14.2 Å². The van der Waals surface area contributed by atoms with Crippen LogP contribution in [-0.4, -0.2) is 19.0 Å². The lowest BCUT2D eigenvalue weighted by atomic mass is 9.83. The van der Waals surface area contributed by atoms with Gasteiger partial charge in [-0.2, -0.15) is 5.26 Å². The third kappa shape index (κ3) is 2.25. The lowest BCUT2D eigenvalue weighted by Crippen LogP contribution is -2.18. The van der Waals surface area contributed by atoms with Gasteiger partial charge in [0, 0.05) is 4.83 Å². The highest BCUT2D eigenvalue weighted by Crippen LogP contribution is 2.40. The Morgan fingerprint density at radius 2 is 1.94 bits per heavy atom. The van der Waals surface area contributed by atoms with Gasteiger partial charge in [0.05, 0.1) is 26.2 Å². The number of ether oxygens (including phenoxy) is 2. The molecule has 0 saturated carbocycles. The van der Waals surface area contributed by atoms with Crippen molar-refractivity contribution in [1.82, 2.24) is 0 Å². The molecule has 2 rings (SSSR count). The summed E-state index contributed by atoms with van der Waals surface area (Å²) in [5.74, 6) is 1.35. The predicted octanol–water partition coefficient (Wildman–Crippen LogP) is 3.02. The SMILES string of the molecule is COc1cc2c(cc1OC)C(C#N)CC(Br)C2. The van der Waals surface area contributed by atoms with E-state index in [0.717, 1.165) is 24.2 Å². The summed E-state index contributed by atoms with van der Waals surface area (Å²) in [7, 11) is 3.24. The second-order valence-electron chi connectivity index (χ2n) is 4.12. The summed E-state index contributed by atoms with van der Waals surface area (Å²) in [5.41, 5.74) is 2.24. The molecule has 0 heterocycles. The Kier molecular flexibility index (Phi) is 3.58. The summed E-state index contributed by atoms with van der Waals surface area (Å²) in [4.78, 5) is 0.359. The number of nitriles is 1. The van der Waals surface area contributed by atoms with Crippen LogP contribution in [0.2, 0.25) is 0 Å². The lowest BCUT2D eigenvalue weighted by Gasteiger charge is -2.25.